The van der Waals surface area contributed by atoms with Crippen LogP contribution in [-0.4, -0.2) is 22.7 Å². The zero-order valence-electron chi connectivity index (χ0n) is 16.6. The number of aromatic nitrogens is 1. The summed E-state index contributed by atoms with van der Waals surface area (Å²) in [5.74, 6) is 0.619. The van der Waals surface area contributed by atoms with Crippen molar-refractivity contribution >= 4 is 11.6 Å². The van der Waals surface area contributed by atoms with Crippen molar-refractivity contribution in [2.75, 3.05) is 6.61 Å². The summed E-state index contributed by atoms with van der Waals surface area (Å²) >= 11 is 0. The van der Waals surface area contributed by atoms with E-state index in [1.54, 1.807) is 24.3 Å². The first-order valence-electron chi connectivity index (χ1n) is 9.49. The summed E-state index contributed by atoms with van der Waals surface area (Å²) in [6, 6.07) is 19.0. The summed E-state index contributed by atoms with van der Waals surface area (Å²) in [5, 5.41) is 0. The molecule has 0 aliphatic rings. The van der Waals surface area contributed by atoms with Crippen molar-refractivity contribution in [2.45, 2.75) is 33.7 Å². The fourth-order valence-corrected chi connectivity index (χ4v) is 3.26. The molecule has 1 aromatic heterocycles. The molecular weight excluding hydrogens is 350 g/mol. The number of hydrogen-bond donors (Lipinski definition) is 0. The second kappa shape index (κ2) is 8.70. The third-order valence-corrected chi connectivity index (χ3v) is 4.92. The fourth-order valence-electron chi connectivity index (χ4n) is 3.26. The minimum absolute atomic E-state index is 0.0311. The molecule has 144 valence electrons. The maximum absolute atomic E-state index is 12.7. The monoisotopic (exact) mass is 375 g/mol. The van der Waals surface area contributed by atoms with Gasteiger partial charge in [0.2, 0.25) is 5.78 Å². The molecule has 0 N–H and O–H groups in total. The second-order valence-electron chi connectivity index (χ2n) is 6.87. The molecule has 0 fully saturated rings. The van der Waals surface area contributed by atoms with Gasteiger partial charge in [-0.05, 0) is 49.7 Å². The molecule has 2 aromatic carbocycles. The Kier molecular flexibility index (Phi) is 6.09. The Labute approximate surface area is 165 Å². The summed E-state index contributed by atoms with van der Waals surface area (Å²) in [6.07, 6.45) is 0.470. The molecule has 1 heterocycles. The van der Waals surface area contributed by atoms with E-state index in [0.717, 1.165) is 17.9 Å². The molecular formula is C24H25NO3. The molecule has 0 bridgehead atoms. The molecule has 0 amide bonds. The van der Waals surface area contributed by atoms with Crippen LogP contribution in [0.5, 0.6) is 5.75 Å². The molecule has 0 atom stereocenters. The van der Waals surface area contributed by atoms with Crippen LogP contribution in [0.4, 0.5) is 0 Å². The highest BCUT2D eigenvalue weighted by atomic mass is 16.5. The number of benzene rings is 2. The molecule has 3 aromatic rings. The van der Waals surface area contributed by atoms with Gasteiger partial charge >= 0.3 is 0 Å². The molecule has 4 nitrogen and oxygen atoms in total. The fraction of sp³-hybridized carbons (Fsp3) is 0.250. The van der Waals surface area contributed by atoms with E-state index >= 15 is 0 Å². The van der Waals surface area contributed by atoms with Crippen molar-refractivity contribution in [3.8, 4) is 5.75 Å². The molecule has 0 aliphatic heterocycles. The highest BCUT2D eigenvalue weighted by Crippen LogP contribution is 2.19. The van der Waals surface area contributed by atoms with E-state index in [1.165, 1.54) is 5.56 Å². The number of carbonyl (C=O) groups excluding carboxylic acids is 2. The lowest BCUT2D eigenvalue weighted by atomic mass is 10.1. The van der Waals surface area contributed by atoms with Crippen molar-refractivity contribution in [3.05, 3.63) is 88.7 Å². The number of aryl methyl sites for hydroxylation is 1. The standard InChI is InChI=1S/C24H25NO3/c1-4-23(26)20-10-12-21(13-11-20)28-16-24(27)22-14-17(2)25(18(22)3)15-19-8-6-5-7-9-19/h5-14H,4,15-16H2,1-3H3. The van der Waals surface area contributed by atoms with E-state index in [4.69, 9.17) is 4.74 Å². The predicted molar refractivity (Wildman–Crippen MR) is 110 cm³/mol. The quantitative estimate of drug-likeness (QED) is 0.520. The first-order valence-corrected chi connectivity index (χ1v) is 9.49. The van der Waals surface area contributed by atoms with Crippen LogP contribution >= 0.6 is 0 Å². The smallest absolute Gasteiger partial charge is 0.202 e. The van der Waals surface area contributed by atoms with Crippen LogP contribution in [0.1, 0.15) is 51.0 Å². The van der Waals surface area contributed by atoms with Gasteiger partial charge in [-0.15, -0.1) is 0 Å². The Morgan fingerprint density at radius 3 is 2.25 bits per heavy atom. The molecule has 4 heteroatoms. The van der Waals surface area contributed by atoms with Gasteiger partial charge in [-0.25, -0.2) is 0 Å². The second-order valence-corrected chi connectivity index (χ2v) is 6.87. The van der Waals surface area contributed by atoms with Crippen LogP contribution in [0.3, 0.4) is 0 Å². The summed E-state index contributed by atoms with van der Waals surface area (Å²) in [4.78, 5) is 24.4. The lowest BCUT2D eigenvalue weighted by Crippen LogP contribution is -2.13. The Balaban J connectivity index is 1.68. The van der Waals surface area contributed by atoms with Gasteiger partial charge in [0, 0.05) is 35.5 Å². The minimum Gasteiger partial charge on any atom is -0.485 e. The average molecular weight is 375 g/mol. The number of nitrogens with zero attached hydrogens (tertiary/aromatic N) is 1. The van der Waals surface area contributed by atoms with Crippen molar-refractivity contribution in [3.63, 3.8) is 0 Å². The van der Waals surface area contributed by atoms with Crippen molar-refractivity contribution in [2.24, 2.45) is 0 Å². The van der Waals surface area contributed by atoms with Gasteiger partial charge in [0.15, 0.2) is 12.4 Å². The molecule has 0 spiro atoms. The van der Waals surface area contributed by atoms with E-state index in [1.807, 2.05) is 45.0 Å². The number of ketones is 2. The molecule has 0 aliphatic carbocycles. The van der Waals surface area contributed by atoms with Crippen molar-refractivity contribution < 1.29 is 14.3 Å². The highest BCUT2D eigenvalue weighted by molar-refractivity contribution is 5.98. The molecule has 0 saturated heterocycles. The SMILES string of the molecule is CCC(=O)c1ccc(OCC(=O)c2cc(C)n(Cc3ccccc3)c2C)cc1. The largest absolute Gasteiger partial charge is 0.485 e. The Morgan fingerprint density at radius 1 is 0.929 bits per heavy atom. The predicted octanol–water partition coefficient (Wildman–Crippen LogP) is 5.01. The van der Waals surface area contributed by atoms with Crippen LogP contribution < -0.4 is 4.74 Å². The Bertz CT molecular complexity index is 969. The summed E-state index contributed by atoms with van der Waals surface area (Å²) in [5.41, 5.74) is 4.53. The molecule has 0 unspecified atom stereocenters. The number of ether oxygens (including phenoxy) is 1. The molecule has 3 rings (SSSR count). The topological polar surface area (TPSA) is 48.3 Å². The molecule has 28 heavy (non-hydrogen) atoms. The lowest BCUT2D eigenvalue weighted by Gasteiger charge is -2.10. The van der Waals surface area contributed by atoms with Gasteiger partial charge in [-0.1, -0.05) is 37.3 Å². The van der Waals surface area contributed by atoms with Gasteiger partial charge in [-0.2, -0.15) is 0 Å². The third-order valence-electron chi connectivity index (χ3n) is 4.92. The zero-order chi connectivity index (χ0) is 20.1. The van der Waals surface area contributed by atoms with Crippen LogP contribution in [0.25, 0.3) is 0 Å². The molecule has 0 saturated carbocycles. The minimum atomic E-state index is -0.0545. The average Bonchev–Trinajstić information content (AvgIpc) is 3.01. The van der Waals surface area contributed by atoms with E-state index in [0.29, 0.717) is 23.3 Å². The number of carbonyl (C=O) groups is 2. The van der Waals surface area contributed by atoms with Crippen LogP contribution in [0, 0.1) is 13.8 Å². The maximum Gasteiger partial charge on any atom is 0.202 e. The Hall–Kier alpha value is -3.14. The van der Waals surface area contributed by atoms with E-state index in [2.05, 4.69) is 16.7 Å². The van der Waals surface area contributed by atoms with Gasteiger partial charge in [0.1, 0.15) is 5.75 Å². The maximum atomic E-state index is 12.7. The van der Waals surface area contributed by atoms with Crippen LogP contribution in [0.2, 0.25) is 0 Å². The third kappa shape index (κ3) is 4.39. The first kappa shape index (κ1) is 19.6. The number of rotatable bonds is 8. The Morgan fingerprint density at radius 2 is 1.61 bits per heavy atom. The summed E-state index contributed by atoms with van der Waals surface area (Å²) in [7, 11) is 0. The van der Waals surface area contributed by atoms with Crippen molar-refractivity contribution in [1.29, 1.82) is 0 Å². The van der Waals surface area contributed by atoms with Gasteiger partial charge in [0.25, 0.3) is 0 Å². The van der Waals surface area contributed by atoms with Gasteiger partial charge < -0.3 is 9.30 Å². The normalized spacial score (nSPS) is 10.7. The number of Topliss-reactive ketones (excluding diaryl/α,β-unsaturated/α-hetero) is 2. The highest BCUT2D eigenvalue weighted by Gasteiger charge is 2.16. The zero-order valence-corrected chi connectivity index (χ0v) is 16.6. The molecule has 0 radical (unpaired) electrons. The lowest BCUT2D eigenvalue weighted by molar-refractivity contribution is 0.0919. The van der Waals surface area contributed by atoms with Crippen LogP contribution in [-0.2, 0) is 6.54 Å². The first-order chi connectivity index (χ1) is 13.5. The summed E-state index contributed by atoms with van der Waals surface area (Å²) < 4.78 is 7.79. The van der Waals surface area contributed by atoms with Crippen molar-refractivity contribution in [1.82, 2.24) is 4.57 Å². The summed E-state index contributed by atoms with van der Waals surface area (Å²) in [6.45, 7) is 6.52. The van der Waals surface area contributed by atoms with Crippen LogP contribution in [0.15, 0.2) is 60.7 Å². The van der Waals surface area contributed by atoms with E-state index in [-0.39, 0.29) is 18.2 Å². The van der Waals surface area contributed by atoms with E-state index in [9.17, 15) is 9.59 Å². The van der Waals surface area contributed by atoms with E-state index < -0.39 is 0 Å². The van der Waals surface area contributed by atoms with Gasteiger partial charge in [0.05, 0.1) is 0 Å². The van der Waals surface area contributed by atoms with Gasteiger partial charge in [-0.3, -0.25) is 9.59 Å². The number of hydrogen-bond acceptors (Lipinski definition) is 3.